The fourth-order valence-corrected chi connectivity index (χ4v) is 2.78. The van der Waals surface area contributed by atoms with Gasteiger partial charge in [-0.2, -0.15) is 0 Å². The summed E-state index contributed by atoms with van der Waals surface area (Å²) in [5.74, 6) is 0.307. The minimum Gasteiger partial charge on any atom is -0.382 e. The van der Waals surface area contributed by atoms with Crippen LogP contribution in [0.3, 0.4) is 0 Å². The van der Waals surface area contributed by atoms with Gasteiger partial charge in [-0.05, 0) is 50.3 Å². The molecule has 1 aromatic carbocycles. The molecule has 2 amide bonds. The molecule has 2 rings (SSSR count). The highest BCUT2D eigenvalue weighted by molar-refractivity contribution is 5.98. The zero-order chi connectivity index (χ0) is 17.7. The first-order valence-corrected chi connectivity index (χ1v) is 8.82. The number of carbonyl (C=O) groups excluding carboxylic acids is 2. The molecule has 1 aliphatic rings. The van der Waals surface area contributed by atoms with Gasteiger partial charge in [-0.15, -0.1) is 0 Å². The van der Waals surface area contributed by atoms with Crippen molar-refractivity contribution in [2.75, 3.05) is 25.0 Å². The number of amides is 2. The normalized spacial score (nSPS) is 15.5. The maximum Gasteiger partial charge on any atom is 0.252 e. The largest absolute Gasteiger partial charge is 0.382 e. The summed E-state index contributed by atoms with van der Waals surface area (Å²) in [6, 6.07) is 5.98. The topological polar surface area (TPSA) is 61.4 Å². The third-order valence-corrected chi connectivity index (χ3v) is 4.82. The van der Waals surface area contributed by atoms with Crippen LogP contribution in [0.1, 0.15) is 49.5 Å². The van der Waals surface area contributed by atoms with E-state index in [2.05, 4.69) is 31.4 Å². The SMILES string of the molecule is Cc1c(N[C@@H](C)C(C)C)cccc1C(=O)NCC(=O)N1CCCC1. The Morgan fingerprint density at radius 3 is 2.46 bits per heavy atom. The summed E-state index contributed by atoms with van der Waals surface area (Å²) in [6.45, 7) is 10.1. The summed E-state index contributed by atoms with van der Waals surface area (Å²) in [5, 5.41) is 6.22. The van der Waals surface area contributed by atoms with E-state index in [9.17, 15) is 9.59 Å². The first kappa shape index (κ1) is 18.3. The second-order valence-electron chi connectivity index (χ2n) is 6.93. The Balaban J connectivity index is 1.99. The van der Waals surface area contributed by atoms with Crippen LogP contribution in [0.5, 0.6) is 0 Å². The molecule has 1 aliphatic heterocycles. The summed E-state index contributed by atoms with van der Waals surface area (Å²) >= 11 is 0. The molecule has 0 aliphatic carbocycles. The average Bonchev–Trinajstić information content (AvgIpc) is 3.08. The maximum atomic E-state index is 12.4. The Labute approximate surface area is 144 Å². The van der Waals surface area contributed by atoms with Gasteiger partial charge in [-0.25, -0.2) is 0 Å². The Morgan fingerprint density at radius 2 is 1.83 bits per heavy atom. The molecular weight excluding hydrogens is 302 g/mol. The molecule has 1 fully saturated rings. The van der Waals surface area contributed by atoms with Crippen LogP contribution in [0.4, 0.5) is 5.69 Å². The van der Waals surface area contributed by atoms with Crippen molar-refractivity contribution in [2.45, 2.75) is 46.6 Å². The molecule has 0 bridgehead atoms. The second-order valence-corrected chi connectivity index (χ2v) is 6.93. The van der Waals surface area contributed by atoms with Crippen LogP contribution in [0.2, 0.25) is 0 Å². The molecule has 24 heavy (non-hydrogen) atoms. The third-order valence-electron chi connectivity index (χ3n) is 4.82. The lowest BCUT2D eigenvalue weighted by Gasteiger charge is -2.21. The number of hydrogen-bond donors (Lipinski definition) is 2. The average molecular weight is 331 g/mol. The Morgan fingerprint density at radius 1 is 1.17 bits per heavy atom. The van der Waals surface area contributed by atoms with Crippen molar-refractivity contribution < 1.29 is 9.59 Å². The number of nitrogens with zero attached hydrogens (tertiary/aromatic N) is 1. The molecule has 5 nitrogen and oxygen atoms in total. The van der Waals surface area contributed by atoms with Crippen LogP contribution in [0, 0.1) is 12.8 Å². The Kier molecular flexibility index (Phi) is 6.23. The smallest absolute Gasteiger partial charge is 0.252 e. The molecule has 1 saturated heterocycles. The van der Waals surface area contributed by atoms with E-state index in [0.29, 0.717) is 17.5 Å². The molecule has 1 atom stereocenters. The molecule has 5 heteroatoms. The number of anilines is 1. The summed E-state index contributed by atoms with van der Waals surface area (Å²) < 4.78 is 0. The number of rotatable bonds is 6. The first-order valence-electron chi connectivity index (χ1n) is 8.82. The van der Waals surface area contributed by atoms with Gasteiger partial charge in [0, 0.05) is 30.4 Å². The van der Waals surface area contributed by atoms with Gasteiger partial charge in [0.2, 0.25) is 5.91 Å². The van der Waals surface area contributed by atoms with Gasteiger partial charge in [-0.3, -0.25) is 9.59 Å². The molecular formula is C19H29N3O2. The third kappa shape index (κ3) is 4.49. The summed E-state index contributed by atoms with van der Waals surface area (Å²) in [4.78, 5) is 26.3. The van der Waals surface area contributed by atoms with Gasteiger partial charge < -0.3 is 15.5 Å². The number of nitrogens with one attached hydrogen (secondary N) is 2. The number of likely N-dealkylation sites (tertiary alicyclic amines) is 1. The monoisotopic (exact) mass is 331 g/mol. The van der Waals surface area contributed by atoms with Crippen molar-refractivity contribution in [3.05, 3.63) is 29.3 Å². The number of hydrogen-bond acceptors (Lipinski definition) is 3. The summed E-state index contributed by atoms with van der Waals surface area (Å²) in [5.41, 5.74) is 2.50. The Hall–Kier alpha value is -2.04. The fraction of sp³-hybridized carbons (Fsp3) is 0.579. The lowest BCUT2D eigenvalue weighted by atomic mass is 10.0. The maximum absolute atomic E-state index is 12.4. The molecule has 0 spiro atoms. The zero-order valence-electron chi connectivity index (χ0n) is 15.2. The molecule has 2 N–H and O–H groups in total. The number of carbonyl (C=O) groups is 2. The molecule has 0 unspecified atom stereocenters. The standard InChI is InChI=1S/C19H29N3O2/c1-13(2)15(4)21-17-9-7-8-16(14(17)3)19(24)20-12-18(23)22-10-5-6-11-22/h7-9,13,15,21H,5-6,10-12H2,1-4H3,(H,20,24)/t15-/m0/s1. The van der Waals surface area contributed by atoms with Crippen LogP contribution in [0.15, 0.2) is 18.2 Å². The van der Waals surface area contributed by atoms with Crippen LogP contribution in [0.25, 0.3) is 0 Å². The highest BCUT2D eigenvalue weighted by Gasteiger charge is 2.19. The van der Waals surface area contributed by atoms with Crippen LogP contribution < -0.4 is 10.6 Å². The minimum atomic E-state index is -0.194. The van der Waals surface area contributed by atoms with Crippen molar-refractivity contribution in [3.63, 3.8) is 0 Å². The molecule has 0 aromatic heterocycles. The predicted octanol–water partition coefficient (Wildman–Crippen LogP) is 2.80. The highest BCUT2D eigenvalue weighted by atomic mass is 16.2. The molecule has 1 heterocycles. The van der Waals surface area contributed by atoms with Gasteiger partial charge in [-0.1, -0.05) is 19.9 Å². The van der Waals surface area contributed by atoms with E-state index in [1.54, 1.807) is 6.07 Å². The molecule has 0 saturated carbocycles. The van der Waals surface area contributed by atoms with E-state index in [-0.39, 0.29) is 18.4 Å². The van der Waals surface area contributed by atoms with Crippen LogP contribution >= 0.6 is 0 Å². The first-order chi connectivity index (χ1) is 11.4. The quantitative estimate of drug-likeness (QED) is 0.842. The van der Waals surface area contributed by atoms with E-state index in [1.807, 2.05) is 24.0 Å². The predicted molar refractivity (Wildman–Crippen MR) is 97.2 cm³/mol. The van der Waals surface area contributed by atoms with E-state index in [0.717, 1.165) is 37.2 Å². The van der Waals surface area contributed by atoms with Gasteiger partial charge in [0.05, 0.1) is 6.54 Å². The minimum absolute atomic E-state index is 0.00112. The zero-order valence-corrected chi connectivity index (χ0v) is 15.2. The lowest BCUT2D eigenvalue weighted by Crippen LogP contribution is -2.38. The van der Waals surface area contributed by atoms with Crippen molar-refractivity contribution in [1.82, 2.24) is 10.2 Å². The van der Waals surface area contributed by atoms with Crippen molar-refractivity contribution in [3.8, 4) is 0 Å². The van der Waals surface area contributed by atoms with Gasteiger partial charge >= 0.3 is 0 Å². The van der Waals surface area contributed by atoms with E-state index < -0.39 is 0 Å². The second kappa shape index (κ2) is 8.18. The van der Waals surface area contributed by atoms with Crippen molar-refractivity contribution in [2.24, 2.45) is 5.92 Å². The highest BCUT2D eigenvalue weighted by Crippen LogP contribution is 2.21. The van der Waals surface area contributed by atoms with Gasteiger partial charge in [0.15, 0.2) is 0 Å². The van der Waals surface area contributed by atoms with Crippen molar-refractivity contribution >= 4 is 17.5 Å². The van der Waals surface area contributed by atoms with E-state index in [1.165, 1.54) is 0 Å². The number of benzene rings is 1. The summed E-state index contributed by atoms with van der Waals surface area (Å²) in [7, 11) is 0. The van der Waals surface area contributed by atoms with Crippen LogP contribution in [-0.2, 0) is 4.79 Å². The Bertz CT molecular complexity index is 592. The van der Waals surface area contributed by atoms with Gasteiger partial charge in [0.1, 0.15) is 0 Å². The van der Waals surface area contributed by atoms with E-state index in [4.69, 9.17) is 0 Å². The van der Waals surface area contributed by atoms with Crippen molar-refractivity contribution in [1.29, 1.82) is 0 Å². The van der Waals surface area contributed by atoms with Crippen LogP contribution in [-0.4, -0.2) is 42.4 Å². The molecule has 1 aromatic rings. The van der Waals surface area contributed by atoms with E-state index >= 15 is 0 Å². The summed E-state index contributed by atoms with van der Waals surface area (Å²) in [6.07, 6.45) is 2.11. The fourth-order valence-electron chi connectivity index (χ4n) is 2.78. The molecule has 0 radical (unpaired) electrons. The lowest BCUT2D eigenvalue weighted by molar-refractivity contribution is -0.129. The van der Waals surface area contributed by atoms with Gasteiger partial charge in [0.25, 0.3) is 5.91 Å². The molecule has 132 valence electrons.